The number of rotatable bonds is 9. The predicted octanol–water partition coefficient (Wildman–Crippen LogP) is 3.79. The molecule has 29 heavy (non-hydrogen) atoms. The van der Waals surface area contributed by atoms with Crippen molar-refractivity contribution in [2.45, 2.75) is 32.6 Å². The van der Waals surface area contributed by atoms with Crippen LogP contribution in [0.4, 0.5) is 0 Å². The summed E-state index contributed by atoms with van der Waals surface area (Å²) in [4.78, 5) is 9.15. The summed E-state index contributed by atoms with van der Waals surface area (Å²) in [6.07, 6.45) is 2.67. The molecular weight excluding hydrogens is 479 g/mol. The van der Waals surface area contributed by atoms with Crippen LogP contribution >= 0.6 is 24.0 Å². The van der Waals surface area contributed by atoms with Gasteiger partial charge in [0, 0.05) is 36.8 Å². The normalized spacial score (nSPS) is 11.4. The van der Waals surface area contributed by atoms with Crippen LogP contribution in [0.1, 0.15) is 32.0 Å². The van der Waals surface area contributed by atoms with Crippen LogP contribution in [-0.4, -0.2) is 44.8 Å². The maximum atomic E-state index is 5.44. The predicted molar refractivity (Wildman–Crippen MR) is 130 cm³/mol. The molecule has 0 aliphatic heterocycles. The van der Waals surface area contributed by atoms with E-state index in [1.54, 1.807) is 14.2 Å². The van der Waals surface area contributed by atoms with Crippen LogP contribution in [-0.2, 0) is 11.8 Å². The molecule has 2 N–H and O–H groups in total. The van der Waals surface area contributed by atoms with Gasteiger partial charge in [-0.05, 0) is 36.8 Å². The molecule has 7 heteroatoms. The van der Waals surface area contributed by atoms with Gasteiger partial charge in [-0.15, -0.1) is 24.0 Å². The average molecular weight is 512 g/mol. The summed E-state index contributed by atoms with van der Waals surface area (Å²) in [7, 11) is 3.30. The van der Waals surface area contributed by atoms with E-state index >= 15 is 0 Å². The lowest BCUT2D eigenvalue weighted by Gasteiger charge is -2.25. The number of nitrogens with zero attached hydrogens (tertiary/aromatic N) is 2. The van der Waals surface area contributed by atoms with Gasteiger partial charge in [0.2, 0.25) is 0 Å². The summed E-state index contributed by atoms with van der Waals surface area (Å²) < 4.78 is 10.8. The SMILES string of the molecule is CCNC(=NCC(C)(C)c1ccc(OC)c(OC)c1)NCCc1ccccn1.I. The number of aromatic nitrogens is 1. The minimum Gasteiger partial charge on any atom is -0.493 e. The Morgan fingerprint density at radius 2 is 1.83 bits per heavy atom. The smallest absolute Gasteiger partial charge is 0.191 e. The molecular formula is C22H33IN4O2. The van der Waals surface area contributed by atoms with Gasteiger partial charge in [0.1, 0.15) is 0 Å². The molecule has 160 valence electrons. The molecule has 0 bridgehead atoms. The van der Waals surface area contributed by atoms with Gasteiger partial charge in [0.05, 0.1) is 20.8 Å². The molecule has 1 aromatic heterocycles. The summed E-state index contributed by atoms with van der Waals surface area (Å²) in [5.74, 6) is 2.28. The molecule has 0 unspecified atom stereocenters. The van der Waals surface area contributed by atoms with Gasteiger partial charge in [-0.3, -0.25) is 9.98 Å². The molecule has 2 rings (SSSR count). The van der Waals surface area contributed by atoms with Crippen LogP contribution in [0.15, 0.2) is 47.6 Å². The maximum Gasteiger partial charge on any atom is 0.191 e. The van der Waals surface area contributed by atoms with E-state index in [0.717, 1.165) is 48.2 Å². The van der Waals surface area contributed by atoms with E-state index < -0.39 is 0 Å². The summed E-state index contributed by atoms with van der Waals surface area (Å²) >= 11 is 0. The molecule has 1 heterocycles. The Bertz CT molecular complexity index is 767. The molecule has 0 saturated carbocycles. The third-order valence-electron chi connectivity index (χ3n) is 4.54. The molecule has 6 nitrogen and oxygen atoms in total. The van der Waals surface area contributed by atoms with Gasteiger partial charge in [0.15, 0.2) is 17.5 Å². The monoisotopic (exact) mass is 512 g/mol. The number of ether oxygens (including phenoxy) is 2. The molecule has 1 aromatic carbocycles. The number of hydrogen-bond acceptors (Lipinski definition) is 4. The number of guanidine groups is 1. The molecule has 0 fully saturated rings. The highest BCUT2D eigenvalue weighted by Crippen LogP contribution is 2.33. The van der Waals surface area contributed by atoms with Crippen molar-refractivity contribution < 1.29 is 9.47 Å². The van der Waals surface area contributed by atoms with Crippen LogP contribution in [0.3, 0.4) is 0 Å². The summed E-state index contributed by atoms with van der Waals surface area (Å²) in [5.41, 5.74) is 2.07. The van der Waals surface area contributed by atoms with Crippen molar-refractivity contribution in [1.82, 2.24) is 15.6 Å². The number of hydrogen-bond donors (Lipinski definition) is 2. The van der Waals surface area contributed by atoms with Gasteiger partial charge >= 0.3 is 0 Å². The molecule has 0 atom stereocenters. The minimum absolute atomic E-state index is 0. The van der Waals surface area contributed by atoms with Crippen LogP contribution < -0.4 is 20.1 Å². The highest BCUT2D eigenvalue weighted by molar-refractivity contribution is 14.0. The van der Waals surface area contributed by atoms with E-state index in [1.165, 1.54) is 0 Å². The zero-order valence-electron chi connectivity index (χ0n) is 18.0. The maximum absolute atomic E-state index is 5.44. The van der Waals surface area contributed by atoms with Crippen LogP contribution in [0.5, 0.6) is 11.5 Å². The number of aliphatic imine (C=N–C) groups is 1. The first kappa shape index (κ1) is 25.0. The quantitative estimate of drug-likeness (QED) is 0.304. The third kappa shape index (κ3) is 7.72. The minimum atomic E-state index is -0.150. The Morgan fingerprint density at radius 3 is 2.45 bits per heavy atom. The topological polar surface area (TPSA) is 67.8 Å². The van der Waals surface area contributed by atoms with Crippen LogP contribution in [0.25, 0.3) is 0 Å². The lowest BCUT2D eigenvalue weighted by molar-refractivity contribution is 0.353. The number of benzene rings is 1. The Kier molecular flexibility index (Phi) is 10.8. The first-order chi connectivity index (χ1) is 13.5. The first-order valence-corrected chi connectivity index (χ1v) is 9.64. The van der Waals surface area contributed by atoms with Gasteiger partial charge < -0.3 is 20.1 Å². The van der Waals surface area contributed by atoms with Crippen LogP contribution in [0.2, 0.25) is 0 Å². The number of nitrogens with one attached hydrogen (secondary N) is 2. The van der Waals surface area contributed by atoms with Crippen LogP contribution in [0, 0.1) is 0 Å². The van der Waals surface area contributed by atoms with Crippen molar-refractivity contribution in [3.63, 3.8) is 0 Å². The fourth-order valence-corrected chi connectivity index (χ4v) is 2.82. The first-order valence-electron chi connectivity index (χ1n) is 9.64. The second kappa shape index (κ2) is 12.5. The Labute approximate surface area is 191 Å². The van der Waals surface area contributed by atoms with Gasteiger partial charge in [0.25, 0.3) is 0 Å². The second-order valence-corrected chi connectivity index (χ2v) is 7.15. The van der Waals surface area contributed by atoms with Crippen molar-refractivity contribution in [1.29, 1.82) is 0 Å². The molecule has 0 aliphatic carbocycles. The lowest BCUT2D eigenvalue weighted by atomic mass is 9.84. The van der Waals surface area contributed by atoms with Gasteiger partial charge in [-0.1, -0.05) is 26.0 Å². The van der Waals surface area contributed by atoms with Gasteiger partial charge in [-0.25, -0.2) is 0 Å². The standard InChI is InChI=1S/C22H32N4O2.HI/c1-6-23-21(25-14-12-18-9-7-8-13-24-18)26-16-22(2,3)17-10-11-19(27-4)20(15-17)28-5;/h7-11,13,15H,6,12,14,16H2,1-5H3,(H2,23,25,26);1H. The largest absolute Gasteiger partial charge is 0.493 e. The average Bonchev–Trinajstić information content (AvgIpc) is 2.72. The molecule has 0 spiro atoms. The molecule has 2 aromatic rings. The van der Waals surface area contributed by atoms with Crippen molar-refractivity contribution in [3.05, 3.63) is 53.9 Å². The van der Waals surface area contributed by atoms with Gasteiger partial charge in [-0.2, -0.15) is 0 Å². The highest BCUT2D eigenvalue weighted by Gasteiger charge is 2.22. The van der Waals surface area contributed by atoms with E-state index in [-0.39, 0.29) is 29.4 Å². The van der Waals surface area contributed by atoms with Crippen molar-refractivity contribution in [2.24, 2.45) is 4.99 Å². The van der Waals surface area contributed by atoms with Crippen molar-refractivity contribution in [2.75, 3.05) is 33.9 Å². The number of halogens is 1. The van der Waals surface area contributed by atoms with E-state index in [1.807, 2.05) is 36.5 Å². The Hall–Kier alpha value is -2.03. The fourth-order valence-electron chi connectivity index (χ4n) is 2.82. The molecule has 0 aliphatic rings. The third-order valence-corrected chi connectivity index (χ3v) is 4.54. The summed E-state index contributed by atoms with van der Waals surface area (Å²) in [6.45, 7) is 8.65. The lowest BCUT2D eigenvalue weighted by Crippen LogP contribution is -2.39. The van der Waals surface area contributed by atoms with E-state index in [4.69, 9.17) is 14.5 Å². The fraction of sp³-hybridized carbons (Fsp3) is 0.455. The number of pyridine rings is 1. The van der Waals surface area contributed by atoms with Crippen molar-refractivity contribution in [3.8, 4) is 11.5 Å². The van der Waals surface area contributed by atoms with E-state index in [0.29, 0.717) is 6.54 Å². The summed E-state index contributed by atoms with van der Waals surface area (Å²) in [5, 5.41) is 6.70. The van der Waals surface area contributed by atoms with E-state index in [2.05, 4.69) is 42.5 Å². The summed E-state index contributed by atoms with van der Waals surface area (Å²) in [6, 6.07) is 12.0. The van der Waals surface area contributed by atoms with E-state index in [9.17, 15) is 0 Å². The number of methoxy groups -OCH3 is 2. The second-order valence-electron chi connectivity index (χ2n) is 7.15. The Morgan fingerprint density at radius 1 is 1.07 bits per heavy atom. The zero-order chi connectivity index (χ0) is 20.4. The molecule has 0 amide bonds. The van der Waals surface area contributed by atoms with Crippen molar-refractivity contribution >= 4 is 29.9 Å². The molecule has 0 saturated heterocycles. The zero-order valence-corrected chi connectivity index (χ0v) is 20.3. The molecule has 0 radical (unpaired) electrons. The highest BCUT2D eigenvalue weighted by atomic mass is 127. The Balaban J connectivity index is 0.00000420.